The molecule has 1 heterocycles. The van der Waals surface area contributed by atoms with Crippen LogP contribution in [0.3, 0.4) is 0 Å². The maximum absolute atomic E-state index is 13.7. The van der Waals surface area contributed by atoms with E-state index in [1.54, 1.807) is 16.2 Å². The molecule has 0 bridgehead atoms. The lowest BCUT2D eigenvalue weighted by Crippen LogP contribution is -2.49. The number of benzene rings is 2. The molecular weight excluding hydrogens is 511 g/mol. The molecule has 0 atom stereocenters. The molecule has 38 heavy (non-hydrogen) atoms. The summed E-state index contributed by atoms with van der Waals surface area (Å²) >= 11 is 1.61. The van der Waals surface area contributed by atoms with Gasteiger partial charge in [-0.15, -0.1) is 11.3 Å². The highest BCUT2D eigenvalue weighted by atomic mass is 32.1. The van der Waals surface area contributed by atoms with E-state index in [0.717, 1.165) is 40.6 Å². The van der Waals surface area contributed by atoms with E-state index >= 15 is 0 Å². The van der Waals surface area contributed by atoms with E-state index < -0.39 is 17.8 Å². The second kappa shape index (κ2) is 12.5. The molecule has 0 saturated heterocycles. The number of hydrogen-bond donors (Lipinski definition) is 1. The van der Waals surface area contributed by atoms with Crippen molar-refractivity contribution >= 4 is 29.0 Å². The SMILES string of the molecule is Cc1ccc(CN(Cc2ccccc2)C(=O)CN(C(=O)Nc2ccccc2C(F)(F)F)C2CCCCC2)s1. The number of amides is 3. The number of halogens is 3. The summed E-state index contributed by atoms with van der Waals surface area (Å²) in [5.74, 6) is -0.246. The molecule has 2 aromatic carbocycles. The maximum Gasteiger partial charge on any atom is 0.418 e. The first kappa shape index (κ1) is 27.7. The third-order valence-corrected chi connectivity index (χ3v) is 7.75. The van der Waals surface area contributed by atoms with E-state index in [2.05, 4.69) is 5.32 Å². The normalized spacial score (nSPS) is 14.2. The van der Waals surface area contributed by atoms with Gasteiger partial charge < -0.3 is 15.1 Å². The van der Waals surface area contributed by atoms with Gasteiger partial charge in [-0.05, 0) is 49.6 Å². The third kappa shape index (κ3) is 7.37. The zero-order chi connectivity index (χ0) is 27.1. The maximum atomic E-state index is 13.7. The average Bonchev–Trinajstić information content (AvgIpc) is 3.32. The number of alkyl halides is 3. The van der Waals surface area contributed by atoms with Gasteiger partial charge in [0.15, 0.2) is 0 Å². The molecule has 3 amide bonds. The van der Waals surface area contributed by atoms with Crippen LogP contribution >= 0.6 is 11.3 Å². The van der Waals surface area contributed by atoms with Crippen LogP contribution in [0.25, 0.3) is 0 Å². The van der Waals surface area contributed by atoms with E-state index in [0.29, 0.717) is 25.9 Å². The Labute approximate surface area is 225 Å². The number of para-hydroxylation sites is 1. The number of nitrogens with zero attached hydrogens (tertiary/aromatic N) is 2. The zero-order valence-electron chi connectivity index (χ0n) is 21.3. The molecule has 5 nitrogen and oxygen atoms in total. The molecule has 1 aliphatic rings. The number of anilines is 1. The summed E-state index contributed by atoms with van der Waals surface area (Å²) < 4.78 is 40.7. The molecular formula is C29H32F3N3O2S. The predicted octanol–water partition coefficient (Wildman–Crippen LogP) is 7.47. The Balaban J connectivity index is 1.57. The van der Waals surface area contributed by atoms with E-state index in [1.165, 1.54) is 23.1 Å². The van der Waals surface area contributed by atoms with Gasteiger partial charge in [0.2, 0.25) is 5.91 Å². The van der Waals surface area contributed by atoms with Gasteiger partial charge in [-0.1, -0.05) is 61.7 Å². The Morgan fingerprint density at radius 2 is 1.61 bits per heavy atom. The Bertz CT molecular complexity index is 1220. The minimum atomic E-state index is -4.61. The molecule has 3 aromatic rings. The molecule has 9 heteroatoms. The van der Waals surface area contributed by atoms with Crippen LogP contribution < -0.4 is 5.32 Å². The first-order chi connectivity index (χ1) is 18.2. The summed E-state index contributed by atoms with van der Waals surface area (Å²) in [4.78, 5) is 32.5. The number of nitrogens with one attached hydrogen (secondary N) is 1. The van der Waals surface area contributed by atoms with Crippen molar-refractivity contribution in [3.63, 3.8) is 0 Å². The first-order valence-corrected chi connectivity index (χ1v) is 13.6. The number of thiophene rings is 1. The van der Waals surface area contributed by atoms with Crippen LogP contribution in [0, 0.1) is 6.92 Å². The Kier molecular flexibility index (Phi) is 9.09. The lowest BCUT2D eigenvalue weighted by molar-refractivity contribution is -0.137. The van der Waals surface area contributed by atoms with Crippen molar-refractivity contribution in [3.8, 4) is 0 Å². The molecule has 1 saturated carbocycles. The Hall–Kier alpha value is -3.33. The van der Waals surface area contributed by atoms with Crippen LogP contribution in [0.15, 0.2) is 66.7 Å². The summed E-state index contributed by atoms with van der Waals surface area (Å²) in [7, 11) is 0. The van der Waals surface area contributed by atoms with Gasteiger partial charge in [-0.25, -0.2) is 4.79 Å². The number of aryl methyl sites for hydroxylation is 1. The van der Waals surface area contributed by atoms with E-state index in [9.17, 15) is 22.8 Å². The topological polar surface area (TPSA) is 52.7 Å². The van der Waals surface area contributed by atoms with Gasteiger partial charge >= 0.3 is 12.2 Å². The lowest BCUT2D eigenvalue weighted by Gasteiger charge is -2.35. The fraction of sp³-hybridized carbons (Fsp3) is 0.379. The number of rotatable bonds is 8. The Morgan fingerprint density at radius 1 is 0.921 bits per heavy atom. The van der Waals surface area contributed by atoms with Gasteiger partial charge in [0.05, 0.1) is 17.8 Å². The molecule has 0 radical (unpaired) electrons. The van der Waals surface area contributed by atoms with Crippen LogP contribution in [0.1, 0.15) is 53.0 Å². The van der Waals surface area contributed by atoms with Crippen molar-refractivity contribution in [3.05, 3.63) is 87.6 Å². The van der Waals surface area contributed by atoms with E-state index in [1.807, 2.05) is 49.4 Å². The van der Waals surface area contributed by atoms with Crippen molar-refractivity contribution < 1.29 is 22.8 Å². The van der Waals surface area contributed by atoms with Crippen molar-refractivity contribution in [2.75, 3.05) is 11.9 Å². The molecule has 202 valence electrons. The second-order valence-electron chi connectivity index (χ2n) is 9.64. The average molecular weight is 544 g/mol. The smallest absolute Gasteiger partial charge is 0.332 e. The van der Waals surface area contributed by atoms with Gasteiger partial charge in [-0.3, -0.25) is 4.79 Å². The predicted molar refractivity (Wildman–Crippen MR) is 144 cm³/mol. The third-order valence-electron chi connectivity index (χ3n) is 6.77. The van der Waals surface area contributed by atoms with Crippen LogP contribution in [-0.2, 0) is 24.1 Å². The van der Waals surface area contributed by atoms with Crippen LogP contribution in [0.2, 0.25) is 0 Å². The molecule has 0 spiro atoms. The minimum Gasteiger partial charge on any atom is -0.332 e. The Morgan fingerprint density at radius 3 is 2.26 bits per heavy atom. The zero-order valence-corrected chi connectivity index (χ0v) is 22.2. The van der Waals surface area contributed by atoms with Crippen LogP contribution in [-0.4, -0.2) is 34.3 Å². The number of urea groups is 1. The largest absolute Gasteiger partial charge is 0.418 e. The summed E-state index contributed by atoms with van der Waals surface area (Å²) in [6.07, 6.45) is -0.335. The van der Waals surface area contributed by atoms with Crippen molar-refractivity contribution in [2.24, 2.45) is 0 Å². The number of carbonyl (C=O) groups is 2. The summed E-state index contributed by atoms with van der Waals surface area (Å²) in [6, 6.07) is 17.6. The second-order valence-corrected chi connectivity index (χ2v) is 11.0. The summed E-state index contributed by atoms with van der Waals surface area (Å²) in [5, 5.41) is 2.46. The van der Waals surface area contributed by atoms with E-state index in [-0.39, 0.29) is 24.2 Å². The first-order valence-electron chi connectivity index (χ1n) is 12.8. The lowest BCUT2D eigenvalue weighted by atomic mass is 9.94. The highest BCUT2D eigenvalue weighted by Crippen LogP contribution is 2.35. The van der Waals surface area contributed by atoms with E-state index in [4.69, 9.17) is 0 Å². The monoisotopic (exact) mass is 543 g/mol. The fourth-order valence-electron chi connectivity index (χ4n) is 4.83. The van der Waals surface area contributed by atoms with Gasteiger partial charge in [-0.2, -0.15) is 13.2 Å². The molecule has 0 unspecified atom stereocenters. The van der Waals surface area contributed by atoms with Gasteiger partial charge in [0, 0.05) is 22.3 Å². The van der Waals surface area contributed by atoms with Gasteiger partial charge in [0.1, 0.15) is 6.54 Å². The highest BCUT2D eigenvalue weighted by molar-refractivity contribution is 7.11. The molecule has 1 fully saturated rings. The number of carbonyl (C=O) groups excluding carboxylic acids is 2. The van der Waals surface area contributed by atoms with Crippen molar-refractivity contribution in [1.82, 2.24) is 9.80 Å². The van der Waals surface area contributed by atoms with Crippen molar-refractivity contribution in [1.29, 1.82) is 0 Å². The molecule has 0 aliphatic heterocycles. The quantitative estimate of drug-likeness (QED) is 0.320. The molecule has 1 N–H and O–H groups in total. The molecule has 4 rings (SSSR count). The molecule has 1 aliphatic carbocycles. The molecule has 1 aromatic heterocycles. The van der Waals surface area contributed by atoms with Crippen LogP contribution in [0.4, 0.5) is 23.7 Å². The minimum absolute atomic E-state index is 0.206. The van der Waals surface area contributed by atoms with Crippen molar-refractivity contribution in [2.45, 2.75) is 64.3 Å². The fourth-order valence-corrected chi connectivity index (χ4v) is 5.73. The summed E-state index contributed by atoms with van der Waals surface area (Å²) in [6.45, 7) is 2.56. The summed E-state index contributed by atoms with van der Waals surface area (Å²) in [5.41, 5.74) is -0.266. The van der Waals surface area contributed by atoms with Crippen LogP contribution in [0.5, 0.6) is 0 Å². The highest BCUT2D eigenvalue weighted by Gasteiger charge is 2.35. The standard InChI is InChI=1S/C29H32F3N3O2S/c1-21-16-17-24(38-21)19-34(18-22-10-4-2-5-11-22)27(36)20-35(23-12-6-3-7-13-23)28(37)33-26-15-9-8-14-25(26)29(30,31)32/h2,4-5,8-11,14-17,23H,3,6-7,12-13,18-20H2,1H3,(H,33,37). The van der Waals surface area contributed by atoms with Gasteiger partial charge in [0.25, 0.3) is 0 Å². The number of hydrogen-bond acceptors (Lipinski definition) is 3.